The van der Waals surface area contributed by atoms with Crippen molar-refractivity contribution in [3.05, 3.63) is 0 Å². The Labute approximate surface area is 74.0 Å². The van der Waals surface area contributed by atoms with E-state index in [2.05, 4.69) is 4.90 Å². The summed E-state index contributed by atoms with van der Waals surface area (Å²) >= 11 is 0. The van der Waals surface area contributed by atoms with Crippen molar-refractivity contribution >= 4 is 0 Å². The van der Waals surface area contributed by atoms with Gasteiger partial charge in [0.1, 0.15) is 0 Å². The second kappa shape index (κ2) is 4.21. The van der Waals surface area contributed by atoms with Gasteiger partial charge in [0, 0.05) is 6.54 Å². The minimum Gasteiger partial charge on any atom is -0.393 e. The maximum Gasteiger partial charge on any atom is 0.0975 e. The van der Waals surface area contributed by atoms with Crippen LogP contribution in [-0.4, -0.2) is 47.0 Å². The number of aliphatic hydroxyl groups is 2. The average Bonchev–Trinajstić information content (AvgIpc) is 2.06. The van der Waals surface area contributed by atoms with Crippen LogP contribution in [0.4, 0.5) is 0 Å². The molecular formula is C9H19NO2. The Morgan fingerprint density at radius 1 is 1.25 bits per heavy atom. The Hall–Kier alpha value is -0.120. The molecule has 0 bridgehead atoms. The highest BCUT2D eigenvalue weighted by Crippen LogP contribution is 2.12. The molecule has 1 atom stereocenters. The Balaban J connectivity index is 2.28. The topological polar surface area (TPSA) is 43.7 Å². The van der Waals surface area contributed by atoms with Crippen molar-refractivity contribution in [1.82, 2.24) is 4.90 Å². The largest absolute Gasteiger partial charge is 0.393 e. The first-order valence-electron chi connectivity index (χ1n) is 4.70. The molecule has 1 heterocycles. The fourth-order valence-corrected chi connectivity index (χ4v) is 1.65. The minimum atomic E-state index is -0.919. The highest BCUT2D eigenvalue weighted by atomic mass is 16.3. The molecule has 1 aliphatic rings. The number of aliphatic hydroxyl groups excluding tert-OH is 1. The number of piperidine rings is 1. The van der Waals surface area contributed by atoms with Crippen LogP contribution in [0.15, 0.2) is 0 Å². The SMILES string of the molecule is CC(O)(CO)CN1CCCCC1. The van der Waals surface area contributed by atoms with Crippen molar-refractivity contribution in [3.63, 3.8) is 0 Å². The molecule has 1 unspecified atom stereocenters. The van der Waals surface area contributed by atoms with Crippen LogP contribution in [0.1, 0.15) is 26.2 Å². The number of hydrogen-bond donors (Lipinski definition) is 2. The Morgan fingerprint density at radius 2 is 1.83 bits per heavy atom. The van der Waals surface area contributed by atoms with Crippen molar-refractivity contribution in [3.8, 4) is 0 Å². The third-order valence-electron chi connectivity index (χ3n) is 2.35. The first kappa shape index (κ1) is 9.96. The molecule has 0 saturated carbocycles. The van der Waals surface area contributed by atoms with E-state index in [0.717, 1.165) is 13.1 Å². The lowest BCUT2D eigenvalue weighted by Gasteiger charge is -2.32. The van der Waals surface area contributed by atoms with Gasteiger partial charge in [0.15, 0.2) is 0 Å². The van der Waals surface area contributed by atoms with E-state index in [1.165, 1.54) is 19.3 Å². The van der Waals surface area contributed by atoms with Crippen LogP contribution in [0, 0.1) is 0 Å². The van der Waals surface area contributed by atoms with Gasteiger partial charge in [0.05, 0.1) is 12.2 Å². The van der Waals surface area contributed by atoms with Crippen molar-refractivity contribution in [2.24, 2.45) is 0 Å². The lowest BCUT2D eigenvalue weighted by molar-refractivity contribution is -0.0286. The van der Waals surface area contributed by atoms with E-state index in [9.17, 15) is 5.11 Å². The van der Waals surface area contributed by atoms with Gasteiger partial charge in [0.2, 0.25) is 0 Å². The summed E-state index contributed by atoms with van der Waals surface area (Å²) in [6.45, 7) is 4.26. The van der Waals surface area contributed by atoms with Crippen LogP contribution >= 0.6 is 0 Å². The molecule has 72 valence electrons. The summed E-state index contributed by atoms with van der Waals surface area (Å²) in [4.78, 5) is 2.22. The predicted molar refractivity (Wildman–Crippen MR) is 48.0 cm³/mol. The van der Waals surface area contributed by atoms with Gasteiger partial charge in [-0.15, -0.1) is 0 Å². The fraction of sp³-hybridized carbons (Fsp3) is 1.00. The van der Waals surface area contributed by atoms with Crippen LogP contribution in [0.5, 0.6) is 0 Å². The third kappa shape index (κ3) is 3.09. The molecule has 0 radical (unpaired) electrons. The zero-order valence-electron chi connectivity index (χ0n) is 7.79. The van der Waals surface area contributed by atoms with E-state index >= 15 is 0 Å². The van der Waals surface area contributed by atoms with Crippen molar-refractivity contribution < 1.29 is 10.2 Å². The van der Waals surface area contributed by atoms with E-state index in [1.54, 1.807) is 6.92 Å². The van der Waals surface area contributed by atoms with E-state index in [0.29, 0.717) is 6.54 Å². The molecule has 1 saturated heterocycles. The zero-order chi connectivity index (χ0) is 9.03. The maximum atomic E-state index is 9.58. The average molecular weight is 173 g/mol. The van der Waals surface area contributed by atoms with E-state index in [1.807, 2.05) is 0 Å². The first-order valence-corrected chi connectivity index (χ1v) is 4.70. The minimum absolute atomic E-state index is 0.149. The highest BCUT2D eigenvalue weighted by Gasteiger charge is 2.23. The summed E-state index contributed by atoms with van der Waals surface area (Å²) < 4.78 is 0. The van der Waals surface area contributed by atoms with Crippen LogP contribution in [-0.2, 0) is 0 Å². The summed E-state index contributed by atoms with van der Waals surface area (Å²) in [7, 11) is 0. The molecule has 0 aromatic rings. The van der Waals surface area contributed by atoms with Crippen molar-refractivity contribution in [1.29, 1.82) is 0 Å². The molecule has 0 aromatic heterocycles. The van der Waals surface area contributed by atoms with Gasteiger partial charge in [-0.2, -0.15) is 0 Å². The van der Waals surface area contributed by atoms with Crippen LogP contribution < -0.4 is 0 Å². The summed E-state index contributed by atoms with van der Waals surface area (Å²) in [5.74, 6) is 0. The Kier molecular flexibility index (Phi) is 3.50. The molecule has 12 heavy (non-hydrogen) atoms. The molecule has 0 amide bonds. The number of likely N-dealkylation sites (tertiary alicyclic amines) is 1. The monoisotopic (exact) mass is 173 g/mol. The molecule has 0 aromatic carbocycles. The molecule has 3 heteroatoms. The summed E-state index contributed by atoms with van der Waals surface area (Å²) in [5, 5.41) is 18.4. The molecule has 0 spiro atoms. The van der Waals surface area contributed by atoms with Crippen molar-refractivity contribution in [2.75, 3.05) is 26.2 Å². The molecule has 3 nitrogen and oxygen atoms in total. The number of rotatable bonds is 3. The van der Waals surface area contributed by atoms with E-state index < -0.39 is 5.60 Å². The molecule has 0 aliphatic carbocycles. The molecule has 1 fully saturated rings. The molecule has 2 N–H and O–H groups in total. The van der Waals surface area contributed by atoms with Crippen LogP contribution in [0.2, 0.25) is 0 Å². The number of hydrogen-bond acceptors (Lipinski definition) is 3. The molecule has 1 rings (SSSR count). The predicted octanol–water partition coefficient (Wildman–Crippen LogP) is 0.216. The lowest BCUT2D eigenvalue weighted by atomic mass is 10.1. The fourth-order valence-electron chi connectivity index (χ4n) is 1.65. The Morgan fingerprint density at radius 3 is 2.33 bits per heavy atom. The molecule has 1 aliphatic heterocycles. The lowest BCUT2D eigenvalue weighted by Crippen LogP contribution is -2.45. The molecular weight excluding hydrogens is 154 g/mol. The van der Waals surface area contributed by atoms with E-state index in [4.69, 9.17) is 5.11 Å². The summed E-state index contributed by atoms with van der Waals surface area (Å²) in [6.07, 6.45) is 3.75. The quantitative estimate of drug-likeness (QED) is 0.641. The van der Waals surface area contributed by atoms with Gasteiger partial charge in [0.25, 0.3) is 0 Å². The number of nitrogens with zero attached hydrogens (tertiary/aromatic N) is 1. The maximum absolute atomic E-state index is 9.58. The second-order valence-corrected chi connectivity index (χ2v) is 3.99. The van der Waals surface area contributed by atoms with Gasteiger partial charge in [-0.3, -0.25) is 0 Å². The van der Waals surface area contributed by atoms with Gasteiger partial charge in [-0.05, 0) is 32.9 Å². The van der Waals surface area contributed by atoms with Gasteiger partial charge < -0.3 is 15.1 Å². The smallest absolute Gasteiger partial charge is 0.0975 e. The summed E-state index contributed by atoms with van der Waals surface area (Å²) in [5.41, 5.74) is -0.919. The number of β-amino-alcohol motifs (C(OH)–C–C–N with tert-alkyl or cyclic N) is 1. The van der Waals surface area contributed by atoms with E-state index in [-0.39, 0.29) is 6.61 Å². The highest BCUT2D eigenvalue weighted by molar-refractivity contribution is 4.77. The first-order chi connectivity index (χ1) is 5.64. The zero-order valence-corrected chi connectivity index (χ0v) is 7.79. The van der Waals surface area contributed by atoms with Crippen LogP contribution in [0.3, 0.4) is 0 Å². The van der Waals surface area contributed by atoms with Gasteiger partial charge in [-0.1, -0.05) is 6.42 Å². The summed E-state index contributed by atoms with van der Waals surface area (Å²) in [6, 6.07) is 0. The third-order valence-corrected chi connectivity index (χ3v) is 2.35. The van der Waals surface area contributed by atoms with Gasteiger partial charge >= 0.3 is 0 Å². The van der Waals surface area contributed by atoms with Crippen molar-refractivity contribution in [2.45, 2.75) is 31.8 Å². The Bertz CT molecular complexity index is 130. The normalized spacial score (nSPS) is 25.2. The van der Waals surface area contributed by atoms with Crippen LogP contribution in [0.25, 0.3) is 0 Å². The van der Waals surface area contributed by atoms with Gasteiger partial charge in [-0.25, -0.2) is 0 Å². The standard InChI is InChI=1S/C9H19NO2/c1-9(12,8-11)7-10-5-3-2-4-6-10/h11-12H,2-8H2,1H3. The second-order valence-electron chi connectivity index (χ2n) is 3.99.